The van der Waals surface area contributed by atoms with Gasteiger partial charge in [-0.05, 0) is 30.2 Å². The minimum Gasteiger partial charge on any atom is -0.370 e. The van der Waals surface area contributed by atoms with Gasteiger partial charge in [-0.15, -0.1) is 6.42 Å². The van der Waals surface area contributed by atoms with Crippen molar-refractivity contribution in [1.29, 1.82) is 0 Å². The van der Waals surface area contributed by atoms with Crippen molar-refractivity contribution in [1.82, 2.24) is 0 Å². The molecule has 2 heteroatoms. The summed E-state index contributed by atoms with van der Waals surface area (Å²) in [6.07, 6.45) is 9.76. The molecule has 0 aromatic carbocycles. The zero-order valence-electron chi connectivity index (χ0n) is 6.87. The van der Waals surface area contributed by atoms with Crippen molar-refractivity contribution in [3.8, 4) is 12.3 Å². The molecule has 1 atom stereocenters. The van der Waals surface area contributed by atoms with Gasteiger partial charge in [0.05, 0.1) is 0 Å². The minimum atomic E-state index is -1.36. The highest BCUT2D eigenvalue weighted by Crippen LogP contribution is 2.19. The lowest BCUT2D eigenvalue weighted by Crippen LogP contribution is -2.25. The van der Waals surface area contributed by atoms with Crippen molar-refractivity contribution >= 4 is 5.78 Å². The average Bonchev–Trinajstić information content (AvgIpc) is 2.10. The molecule has 1 aliphatic carbocycles. The van der Waals surface area contributed by atoms with Crippen LogP contribution >= 0.6 is 0 Å². The molecule has 12 heavy (non-hydrogen) atoms. The smallest absolute Gasteiger partial charge is 0.181 e. The van der Waals surface area contributed by atoms with Crippen LogP contribution in [0.5, 0.6) is 0 Å². The summed E-state index contributed by atoms with van der Waals surface area (Å²) in [7, 11) is 0. The number of hydrogen-bond donors (Lipinski definition) is 1. The van der Waals surface area contributed by atoms with Crippen molar-refractivity contribution in [2.45, 2.75) is 18.9 Å². The maximum Gasteiger partial charge on any atom is 0.181 e. The first-order chi connectivity index (χ1) is 5.61. The first-order valence-electron chi connectivity index (χ1n) is 3.77. The summed E-state index contributed by atoms with van der Waals surface area (Å²) < 4.78 is 0. The molecule has 0 spiro atoms. The second kappa shape index (κ2) is 2.96. The summed E-state index contributed by atoms with van der Waals surface area (Å²) in [5.74, 6) is 2.13. The number of carbonyl (C=O) groups is 1. The van der Waals surface area contributed by atoms with Crippen molar-refractivity contribution in [3.63, 3.8) is 0 Å². The molecule has 0 aromatic heterocycles. The molecule has 1 aliphatic rings. The fraction of sp³-hybridized carbons (Fsp3) is 0.300. The van der Waals surface area contributed by atoms with Gasteiger partial charge in [0.1, 0.15) is 0 Å². The Hall–Kier alpha value is -1.33. The van der Waals surface area contributed by atoms with Crippen LogP contribution in [0.4, 0.5) is 0 Å². The van der Waals surface area contributed by atoms with Crippen LogP contribution < -0.4 is 0 Å². The van der Waals surface area contributed by atoms with Gasteiger partial charge in [-0.1, -0.05) is 12.8 Å². The topological polar surface area (TPSA) is 37.3 Å². The molecule has 0 fully saturated rings. The number of allylic oxidation sites excluding steroid dienone is 2. The van der Waals surface area contributed by atoms with E-state index in [-0.39, 0.29) is 5.78 Å². The van der Waals surface area contributed by atoms with E-state index in [0.717, 1.165) is 0 Å². The van der Waals surface area contributed by atoms with Gasteiger partial charge in [0.2, 0.25) is 0 Å². The number of ketones is 1. The molecule has 0 saturated heterocycles. The van der Waals surface area contributed by atoms with Crippen LogP contribution in [-0.2, 0) is 4.79 Å². The molecule has 0 heterocycles. The number of aliphatic hydroxyl groups is 1. The van der Waals surface area contributed by atoms with E-state index in [0.29, 0.717) is 12.0 Å². The van der Waals surface area contributed by atoms with Crippen LogP contribution in [0.25, 0.3) is 0 Å². The zero-order chi connectivity index (χ0) is 9.19. The van der Waals surface area contributed by atoms with Crippen LogP contribution in [0.15, 0.2) is 23.8 Å². The fourth-order valence-electron chi connectivity index (χ4n) is 1.06. The van der Waals surface area contributed by atoms with Gasteiger partial charge in [0, 0.05) is 0 Å². The van der Waals surface area contributed by atoms with Crippen LogP contribution in [0.1, 0.15) is 13.3 Å². The standard InChI is InChI=1S/C10H10O2/c1-3-8-7-10(12,4-2)6-5-9(8)11/h2,5-7,12H,3H2,1H3. The van der Waals surface area contributed by atoms with E-state index >= 15 is 0 Å². The van der Waals surface area contributed by atoms with Crippen LogP contribution in [0, 0.1) is 12.3 Å². The third-order valence-corrected chi connectivity index (χ3v) is 1.81. The van der Waals surface area contributed by atoms with Gasteiger partial charge in [0.25, 0.3) is 0 Å². The molecule has 0 radical (unpaired) electrons. The van der Waals surface area contributed by atoms with Crippen LogP contribution in [0.3, 0.4) is 0 Å². The van der Waals surface area contributed by atoms with Crippen LogP contribution in [0.2, 0.25) is 0 Å². The summed E-state index contributed by atoms with van der Waals surface area (Å²) in [5, 5.41) is 9.55. The Bertz CT molecular complexity index is 304. The second-order valence-corrected chi connectivity index (χ2v) is 2.69. The van der Waals surface area contributed by atoms with E-state index in [2.05, 4.69) is 5.92 Å². The van der Waals surface area contributed by atoms with E-state index in [9.17, 15) is 9.90 Å². The van der Waals surface area contributed by atoms with Gasteiger partial charge >= 0.3 is 0 Å². The highest BCUT2D eigenvalue weighted by Gasteiger charge is 2.23. The molecule has 0 saturated carbocycles. The first kappa shape index (κ1) is 8.76. The zero-order valence-corrected chi connectivity index (χ0v) is 6.87. The lowest BCUT2D eigenvalue weighted by Gasteiger charge is -2.18. The monoisotopic (exact) mass is 162 g/mol. The van der Waals surface area contributed by atoms with Crippen molar-refractivity contribution in [3.05, 3.63) is 23.8 Å². The average molecular weight is 162 g/mol. The van der Waals surface area contributed by atoms with Crippen molar-refractivity contribution in [2.24, 2.45) is 0 Å². The highest BCUT2D eigenvalue weighted by atomic mass is 16.3. The Balaban J connectivity index is 3.04. The van der Waals surface area contributed by atoms with E-state index < -0.39 is 5.60 Å². The quantitative estimate of drug-likeness (QED) is 0.580. The largest absolute Gasteiger partial charge is 0.370 e. The van der Waals surface area contributed by atoms with Crippen molar-refractivity contribution in [2.75, 3.05) is 0 Å². The second-order valence-electron chi connectivity index (χ2n) is 2.69. The fourth-order valence-corrected chi connectivity index (χ4v) is 1.06. The molecule has 1 unspecified atom stereocenters. The van der Waals surface area contributed by atoms with E-state index in [1.54, 1.807) is 0 Å². The summed E-state index contributed by atoms with van der Waals surface area (Å²) in [6.45, 7) is 1.85. The highest BCUT2D eigenvalue weighted by molar-refractivity contribution is 6.05. The lowest BCUT2D eigenvalue weighted by atomic mass is 9.92. The number of rotatable bonds is 1. The van der Waals surface area contributed by atoms with Crippen molar-refractivity contribution < 1.29 is 9.90 Å². The molecule has 1 rings (SSSR count). The number of carbonyl (C=O) groups excluding carboxylic acids is 1. The molecule has 1 N–H and O–H groups in total. The van der Waals surface area contributed by atoms with Gasteiger partial charge < -0.3 is 5.11 Å². The van der Waals surface area contributed by atoms with Crippen LogP contribution in [-0.4, -0.2) is 16.5 Å². The van der Waals surface area contributed by atoms with E-state index in [1.165, 1.54) is 18.2 Å². The summed E-state index contributed by atoms with van der Waals surface area (Å²) >= 11 is 0. The molecule has 0 bridgehead atoms. The first-order valence-corrected chi connectivity index (χ1v) is 3.77. The molecule has 0 aromatic rings. The molecule has 0 aliphatic heterocycles. The maximum absolute atomic E-state index is 11.1. The molecule has 0 amide bonds. The normalized spacial score (nSPS) is 28.1. The Morgan fingerprint density at radius 2 is 2.42 bits per heavy atom. The predicted octanol–water partition coefficient (Wildman–Crippen LogP) is 0.826. The van der Waals surface area contributed by atoms with Gasteiger partial charge in [-0.2, -0.15) is 0 Å². The molecular weight excluding hydrogens is 152 g/mol. The third kappa shape index (κ3) is 1.46. The molecule has 62 valence electrons. The Morgan fingerprint density at radius 3 is 2.92 bits per heavy atom. The van der Waals surface area contributed by atoms with Gasteiger partial charge in [-0.3, -0.25) is 4.79 Å². The number of hydrogen-bond acceptors (Lipinski definition) is 2. The number of terminal acetylenes is 1. The Labute approximate surface area is 71.6 Å². The minimum absolute atomic E-state index is 0.0718. The maximum atomic E-state index is 11.1. The Kier molecular flexibility index (Phi) is 2.16. The van der Waals surface area contributed by atoms with Gasteiger partial charge in [-0.25, -0.2) is 0 Å². The van der Waals surface area contributed by atoms with E-state index in [4.69, 9.17) is 6.42 Å². The van der Waals surface area contributed by atoms with E-state index in [1.807, 2.05) is 6.92 Å². The van der Waals surface area contributed by atoms with Gasteiger partial charge in [0.15, 0.2) is 11.4 Å². The Morgan fingerprint density at radius 1 is 1.75 bits per heavy atom. The summed E-state index contributed by atoms with van der Waals surface area (Å²) in [6, 6.07) is 0. The summed E-state index contributed by atoms with van der Waals surface area (Å²) in [5.41, 5.74) is -0.794. The third-order valence-electron chi connectivity index (χ3n) is 1.81. The summed E-state index contributed by atoms with van der Waals surface area (Å²) in [4.78, 5) is 11.1. The molecular formula is C10H10O2. The molecule has 2 nitrogen and oxygen atoms in total. The SMILES string of the molecule is C#CC1(O)C=CC(=O)C(CC)=C1. The lowest BCUT2D eigenvalue weighted by molar-refractivity contribution is -0.111. The predicted molar refractivity (Wildman–Crippen MR) is 46.3 cm³/mol.